The summed E-state index contributed by atoms with van der Waals surface area (Å²) in [5.74, 6) is 2.81. The lowest BCUT2D eigenvalue weighted by atomic mass is 10.2. The van der Waals surface area contributed by atoms with Gasteiger partial charge in [0.15, 0.2) is 0 Å². The maximum Gasteiger partial charge on any atom is 0.134 e. The fourth-order valence-electron chi connectivity index (χ4n) is 1.95. The zero-order valence-electron chi connectivity index (χ0n) is 11.1. The Labute approximate surface area is 135 Å². The molecule has 0 aliphatic rings. The van der Waals surface area contributed by atoms with Crippen LogP contribution in [0.2, 0.25) is 0 Å². The van der Waals surface area contributed by atoms with Gasteiger partial charge >= 0.3 is 0 Å². The Bertz CT molecular complexity index is 735. The molecule has 2 nitrogen and oxygen atoms in total. The van der Waals surface area contributed by atoms with Crippen LogP contribution >= 0.6 is 27.7 Å². The van der Waals surface area contributed by atoms with Gasteiger partial charge in [-0.2, -0.15) is 0 Å². The van der Waals surface area contributed by atoms with E-state index in [2.05, 4.69) is 15.9 Å². The summed E-state index contributed by atoms with van der Waals surface area (Å²) in [6.07, 6.45) is 0. The summed E-state index contributed by atoms with van der Waals surface area (Å²) >= 11 is 5.06. The molecule has 2 aromatic carbocycles. The van der Waals surface area contributed by atoms with Crippen LogP contribution in [0.3, 0.4) is 0 Å². The van der Waals surface area contributed by atoms with E-state index in [0.717, 1.165) is 32.2 Å². The van der Waals surface area contributed by atoms with Crippen molar-refractivity contribution >= 4 is 27.7 Å². The van der Waals surface area contributed by atoms with E-state index in [1.807, 2.05) is 48.5 Å². The van der Waals surface area contributed by atoms with Gasteiger partial charge in [-0.3, -0.25) is 0 Å². The second-order valence-corrected chi connectivity index (χ2v) is 6.52. The van der Waals surface area contributed by atoms with E-state index >= 15 is 0 Å². The third-order valence-corrected chi connectivity index (χ3v) is 4.53. The average Bonchev–Trinajstić information content (AvgIpc) is 2.95. The SMILES string of the molecule is Oc1cccc(SCc2ccc(-c3ccc(Br)cc3)o2)c1. The Hall–Kier alpha value is -1.65. The van der Waals surface area contributed by atoms with Crippen LogP contribution in [0.15, 0.2) is 74.4 Å². The highest BCUT2D eigenvalue weighted by atomic mass is 79.9. The first-order chi connectivity index (χ1) is 10.2. The molecule has 21 heavy (non-hydrogen) atoms. The van der Waals surface area contributed by atoms with Gasteiger partial charge in [-0.1, -0.05) is 34.1 Å². The van der Waals surface area contributed by atoms with Gasteiger partial charge in [0.2, 0.25) is 0 Å². The van der Waals surface area contributed by atoms with Crippen molar-refractivity contribution in [3.05, 3.63) is 70.9 Å². The van der Waals surface area contributed by atoms with E-state index in [0.29, 0.717) is 0 Å². The van der Waals surface area contributed by atoms with Crippen molar-refractivity contribution in [2.45, 2.75) is 10.6 Å². The zero-order valence-corrected chi connectivity index (χ0v) is 13.5. The number of furan rings is 1. The normalized spacial score (nSPS) is 10.7. The van der Waals surface area contributed by atoms with E-state index in [1.165, 1.54) is 0 Å². The lowest BCUT2D eigenvalue weighted by Gasteiger charge is -2.01. The first-order valence-corrected chi connectivity index (χ1v) is 8.25. The van der Waals surface area contributed by atoms with Crippen LogP contribution in [0.4, 0.5) is 0 Å². The van der Waals surface area contributed by atoms with Crippen molar-refractivity contribution in [1.82, 2.24) is 0 Å². The van der Waals surface area contributed by atoms with Gasteiger partial charge in [-0.05, 0) is 42.5 Å². The van der Waals surface area contributed by atoms with Gasteiger partial charge in [0, 0.05) is 14.9 Å². The highest BCUT2D eigenvalue weighted by molar-refractivity contribution is 9.10. The van der Waals surface area contributed by atoms with Gasteiger partial charge in [-0.15, -0.1) is 11.8 Å². The van der Waals surface area contributed by atoms with Crippen LogP contribution in [-0.2, 0) is 5.75 Å². The van der Waals surface area contributed by atoms with E-state index in [1.54, 1.807) is 23.9 Å². The summed E-state index contributed by atoms with van der Waals surface area (Å²) in [6, 6.07) is 19.3. The quantitative estimate of drug-likeness (QED) is 0.605. The van der Waals surface area contributed by atoms with Crippen molar-refractivity contribution in [2.75, 3.05) is 0 Å². The second kappa shape index (κ2) is 6.41. The van der Waals surface area contributed by atoms with E-state index in [9.17, 15) is 5.11 Å². The third kappa shape index (κ3) is 3.71. The molecule has 3 aromatic rings. The van der Waals surface area contributed by atoms with Crippen LogP contribution in [0.5, 0.6) is 5.75 Å². The Balaban J connectivity index is 1.69. The molecule has 0 unspecified atom stereocenters. The lowest BCUT2D eigenvalue weighted by molar-refractivity contribution is 0.474. The summed E-state index contributed by atoms with van der Waals surface area (Å²) in [6.45, 7) is 0. The fourth-order valence-corrected chi connectivity index (χ4v) is 3.06. The molecular formula is C17H13BrO2S. The molecule has 0 fully saturated rings. The Morgan fingerprint density at radius 2 is 1.81 bits per heavy atom. The van der Waals surface area contributed by atoms with Crippen molar-refractivity contribution in [1.29, 1.82) is 0 Å². The zero-order chi connectivity index (χ0) is 14.7. The van der Waals surface area contributed by atoms with Crippen molar-refractivity contribution in [2.24, 2.45) is 0 Å². The summed E-state index contributed by atoms with van der Waals surface area (Å²) in [5, 5.41) is 9.44. The number of benzene rings is 2. The highest BCUT2D eigenvalue weighted by Gasteiger charge is 2.05. The Kier molecular flexibility index (Phi) is 4.36. The molecule has 0 atom stereocenters. The van der Waals surface area contributed by atoms with Crippen molar-refractivity contribution in [3.8, 4) is 17.1 Å². The minimum Gasteiger partial charge on any atom is -0.508 e. The minimum atomic E-state index is 0.287. The molecule has 0 spiro atoms. The molecule has 3 rings (SSSR count). The average molecular weight is 361 g/mol. The third-order valence-electron chi connectivity index (χ3n) is 2.99. The largest absolute Gasteiger partial charge is 0.508 e. The maximum absolute atomic E-state index is 9.44. The number of halogens is 1. The molecular weight excluding hydrogens is 348 g/mol. The lowest BCUT2D eigenvalue weighted by Crippen LogP contribution is -1.76. The van der Waals surface area contributed by atoms with E-state index in [-0.39, 0.29) is 5.75 Å². The molecule has 0 amide bonds. The monoisotopic (exact) mass is 360 g/mol. The standard InChI is InChI=1S/C17H13BrO2S/c18-13-6-4-12(5-7-13)17-9-8-15(20-17)11-21-16-3-1-2-14(19)10-16/h1-10,19H,11H2. The summed E-state index contributed by atoms with van der Waals surface area (Å²) in [4.78, 5) is 1.02. The summed E-state index contributed by atoms with van der Waals surface area (Å²) in [7, 11) is 0. The molecule has 0 saturated heterocycles. The fraction of sp³-hybridized carbons (Fsp3) is 0.0588. The van der Waals surface area contributed by atoms with Crippen LogP contribution in [0.25, 0.3) is 11.3 Å². The number of phenols is 1. The molecule has 1 heterocycles. The van der Waals surface area contributed by atoms with Gasteiger partial charge in [-0.25, -0.2) is 0 Å². The number of hydrogen-bond donors (Lipinski definition) is 1. The maximum atomic E-state index is 9.44. The molecule has 0 aliphatic heterocycles. The second-order valence-electron chi connectivity index (χ2n) is 4.56. The first-order valence-electron chi connectivity index (χ1n) is 6.47. The van der Waals surface area contributed by atoms with Crippen molar-refractivity contribution in [3.63, 3.8) is 0 Å². The van der Waals surface area contributed by atoms with Crippen molar-refractivity contribution < 1.29 is 9.52 Å². The molecule has 1 aromatic heterocycles. The topological polar surface area (TPSA) is 33.4 Å². The van der Waals surface area contributed by atoms with Gasteiger partial charge in [0.1, 0.15) is 17.3 Å². The minimum absolute atomic E-state index is 0.287. The first kappa shape index (κ1) is 14.3. The molecule has 1 N–H and O–H groups in total. The summed E-state index contributed by atoms with van der Waals surface area (Å²) < 4.78 is 6.92. The van der Waals surface area contributed by atoms with Gasteiger partial charge in [0.05, 0.1) is 5.75 Å². The predicted molar refractivity (Wildman–Crippen MR) is 89.5 cm³/mol. The van der Waals surface area contributed by atoms with Crippen LogP contribution < -0.4 is 0 Å². The van der Waals surface area contributed by atoms with E-state index < -0.39 is 0 Å². The Morgan fingerprint density at radius 3 is 2.57 bits per heavy atom. The highest BCUT2D eigenvalue weighted by Crippen LogP contribution is 2.29. The molecule has 0 saturated carbocycles. The Morgan fingerprint density at radius 1 is 1.00 bits per heavy atom. The predicted octanol–water partition coefficient (Wildman–Crippen LogP) is 5.71. The van der Waals surface area contributed by atoms with Gasteiger partial charge < -0.3 is 9.52 Å². The van der Waals surface area contributed by atoms with Crippen LogP contribution in [-0.4, -0.2) is 5.11 Å². The van der Waals surface area contributed by atoms with Crippen LogP contribution in [0, 0.1) is 0 Å². The number of thioether (sulfide) groups is 1. The molecule has 0 radical (unpaired) electrons. The number of rotatable bonds is 4. The van der Waals surface area contributed by atoms with Gasteiger partial charge in [0.25, 0.3) is 0 Å². The summed E-state index contributed by atoms with van der Waals surface area (Å²) in [5.41, 5.74) is 1.06. The number of phenolic OH excluding ortho intramolecular Hbond substituents is 1. The molecule has 106 valence electrons. The van der Waals surface area contributed by atoms with Crippen LogP contribution in [0.1, 0.15) is 5.76 Å². The molecule has 0 bridgehead atoms. The number of hydrogen-bond acceptors (Lipinski definition) is 3. The molecule has 4 heteroatoms. The molecule has 0 aliphatic carbocycles. The smallest absolute Gasteiger partial charge is 0.134 e. The van der Waals surface area contributed by atoms with E-state index in [4.69, 9.17) is 4.42 Å². The number of aromatic hydroxyl groups is 1.